The Kier molecular flexibility index (Phi) is 10.8. The van der Waals surface area contributed by atoms with Crippen LogP contribution in [0.3, 0.4) is 0 Å². The molecular formula is C12H24N4O4Si. The van der Waals surface area contributed by atoms with Gasteiger partial charge in [-0.1, -0.05) is 0 Å². The average molecular weight is 316 g/mol. The van der Waals surface area contributed by atoms with E-state index in [0.29, 0.717) is 38.5 Å². The summed E-state index contributed by atoms with van der Waals surface area (Å²) in [4.78, 5) is 49.2. The normalized spacial score (nSPS) is 9.90. The molecular weight excluding hydrogens is 292 g/mol. The van der Waals surface area contributed by atoms with Gasteiger partial charge in [0.05, 0.1) is 0 Å². The quantitative estimate of drug-likeness (QED) is 0.251. The number of nitrogens with one attached hydrogen (secondary N) is 2. The van der Waals surface area contributed by atoms with Crippen LogP contribution in [0.15, 0.2) is 0 Å². The van der Waals surface area contributed by atoms with E-state index >= 15 is 0 Å². The first kappa shape index (κ1) is 19.1. The van der Waals surface area contributed by atoms with E-state index in [0.717, 1.165) is 0 Å². The topological polar surface area (TPSA) is 144 Å². The highest BCUT2D eigenvalue weighted by molar-refractivity contribution is 6.38. The van der Waals surface area contributed by atoms with Crippen molar-refractivity contribution in [2.45, 2.75) is 51.4 Å². The lowest BCUT2D eigenvalue weighted by atomic mass is 10.2. The minimum atomic E-state index is -1.17. The lowest BCUT2D eigenvalue weighted by molar-refractivity contribution is -0.121. The van der Waals surface area contributed by atoms with Crippen molar-refractivity contribution < 1.29 is 19.2 Å². The zero-order valence-electron chi connectivity index (χ0n) is 12.2. The summed E-state index contributed by atoms with van der Waals surface area (Å²) in [6.45, 7) is 0. The Hall–Kier alpha value is -1.90. The van der Waals surface area contributed by atoms with E-state index in [-0.39, 0.29) is 36.5 Å². The first-order chi connectivity index (χ1) is 9.91. The van der Waals surface area contributed by atoms with Gasteiger partial charge in [0.1, 0.15) is 0 Å². The van der Waals surface area contributed by atoms with E-state index in [1.165, 1.54) is 0 Å². The van der Waals surface area contributed by atoms with E-state index < -0.39 is 9.84 Å². The lowest BCUT2D eigenvalue weighted by Crippen LogP contribution is -2.40. The van der Waals surface area contributed by atoms with E-state index in [9.17, 15) is 19.2 Å². The molecule has 0 aromatic carbocycles. The zero-order valence-corrected chi connectivity index (χ0v) is 13.6. The van der Waals surface area contributed by atoms with Crippen molar-refractivity contribution in [2.75, 3.05) is 0 Å². The molecule has 0 aliphatic rings. The molecule has 0 heterocycles. The molecule has 21 heavy (non-hydrogen) atoms. The molecule has 0 aliphatic heterocycles. The summed E-state index contributed by atoms with van der Waals surface area (Å²) in [5.41, 5.74) is 9.97. The monoisotopic (exact) mass is 316 g/mol. The zero-order chi connectivity index (χ0) is 16.1. The van der Waals surface area contributed by atoms with Gasteiger partial charge < -0.3 is 21.4 Å². The summed E-state index contributed by atoms with van der Waals surface area (Å²) in [5, 5.41) is 0. The predicted molar refractivity (Wildman–Crippen MR) is 80.2 cm³/mol. The SMILES string of the molecule is NC(=O)CCCCC(=O)N[SiH2]NC(=O)CCCCC(N)=O. The fourth-order valence-corrected chi connectivity index (χ4v) is 2.42. The minimum absolute atomic E-state index is 0.125. The lowest BCUT2D eigenvalue weighted by Gasteiger charge is -2.06. The molecule has 8 nitrogen and oxygen atoms in total. The number of amides is 4. The molecule has 0 bridgehead atoms. The summed E-state index contributed by atoms with van der Waals surface area (Å²) < 4.78 is 0. The molecule has 0 fully saturated rings. The number of carbonyl (C=O) groups excluding carboxylic acids is 4. The van der Waals surface area contributed by atoms with Crippen LogP contribution in [0, 0.1) is 0 Å². The second-order valence-electron chi connectivity index (χ2n) is 4.72. The Labute approximate surface area is 126 Å². The second kappa shape index (κ2) is 11.9. The predicted octanol–water partition coefficient (Wildman–Crippen LogP) is -1.69. The van der Waals surface area contributed by atoms with Gasteiger partial charge in [-0.05, 0) is 25.7 Å². The van der Waals surface area contributed by atoms with Crippen molar-refractivity contribution in [3.05, 3.63) is 0 Å². The molecule has 0 radical (unpaired) electrons. The van der Waals surface area contributed by atoms with E-state index in [1.807, 2.05) is 0 Å². The third-order valence-electron chi connectivity index (χ3n) is 2.73. The Morgan fingerprint density at radius 2 is 1.00 bits per heavy atom. The first-order valence-corrected chi connectivity index (χ1v) is 8.43. The maximum absolute atomic E-state index is 11.4. The van der Waals surface area contributed by atoms with Gasteiger partial charge >= 0.3 is 0 Å². The summed E-state index contributed by atoms with van der Waals surface area (Å²) >= 11 is 0. The van der Waals surface area contributed by atoms with Gasteiger partial charge in [-0.15, -0.1) is 0 Å². The van der Waals surface area contributed by atoms with Crippen LogP contribution in [-0.2, 0) is 19.2 Å². The van der Waals surface area contributed by atoms with Crippen molar-refractivity contribution >= 4 is 33.5 Å². The Morgan fingerprint density at radius 1 is 0.667 bits per heavy atom. The van der Waals surface area contributed by atoms with Gasteiger partial charge in [0, 0.05) is 25.7 Å². The van der Waals surface area contributed by atoms with E-state index in [2.05, 4.69) is 9.96 Å². The summed E-state index contributed by atoms with van der Waals surface area (Å²) in [6, 6.07) is 0. The molecule has 0 spiro atoms. The van der Waals surface area contributed by atoms with Gasteiger partial charge in [0.2, 0.25) is 33.5 Å². The van der Waals surface area contributed by atoms with Crippen molar-refractivity contribution in [1.82, 2.24) is 9.96 Å². The summed E-state index contributed by atoms with van der Waals surface area (Å²) in [6.07, 6.45) is 3.62. The Bertz CT molecular complexity index is 342. The van der Waals surface area contributed by atoms with Crippen molar-refractivity contribution in [3.8, 4) is 0 Å². The van der Waals surface area contributed by atoms with Gasteiger partial charge in [0.15, 0.2) is 0 Å². The number of rotatable bonds is 12. The Morgan fingerprint density at radius 3 is 1.33 bits per heavy atom. The van der Waals surface area contributed by atoms with Crippen LogP contribution in [0.4, 0.5) is 0 Å². The molecule has 0 saturated carbocycles. The van der Waals surface area contributed by atoms with Crippen LogP contribution in [0.2, 0.25) is 0 Å². The molecule has 120 valence electrons. The molecule has 0 aromatic heterocycles. The third-order valence-corrected chi connectivity index (χ3v) is 3.87. The van der Waals surface area contributed by atoms with Crippen LogP contribution >= 0.6 is 0 Å². The minimum Gasteiger partial charge on any atom is -0.370 e. The van der Waals surface area contributed by atoms with Crippen LogP contribution in [0.5, 0.6) is 0 Å². The number of hydrogen-bond acceptors (Lipinski definition) is 4. The molecule has 0 aliphatic carbocycles. The Balaban J connectivity index is 3.46. The van der Waals surface area contributed by atoms with Crippen molar-refractivity contribution in [3.63, 3.8) is 0 Å². The molecule has 4 amide bonds. The highest BCUT2D eigenvalue weighted by Crippen LogP contribution is 1.99. The van der Waals surface area contributed by atoms with Crippen LogP contribution < -0.4 is 21.4 Å². The van der Waals surface area contributed by atoms with E-state index in [1.54, 1.807) is 0 Å². The highest BCUT2D eigenvalue weighted by atomic mass is 28.2. The number of hydrogen-bond donors (Lipinski definition) is 4. The third kappa shape index (κ3) is 14.3. The number of unbranched alkanes of at least 4 members (excludes halogenated alkanes) is 2. The number of primary amides is 2. The second-order valence-corrected chi connectivity index (χ2v) is 5.78. The molecule has 0 saturated heterocycles. The summed E-state index contributed by atoms with van der Waals surface area (Å²) in [5.74, 6) is -0.984. The number of carbonyl (C=O) groups is 4. The van der Waals surface area contributed by atoms with Gasteiger partial charge in [-0.25, -0.2) is 0 Å². The molecule has 0 atom stereocenters. The smallest absolute Gasteiger partial charge is 0.230 e. The molecule has 0 unspecified atom stereocenters. The van der Waals surface area contributed by atoms with Gasteiger partial charge in [-0.2, -0.15) is 0 Å². The maximum Gasteiger partial charge on any atom is 0.230 e. The fourth-order valence-electron chi connectivity index (χ4n) is 1.59. The summed E-state index contributed by atoms with van der Waals surface area (Å²) in [7, 11) is -1.17. The molecule has 6 N–H and O–H groups in total. The molecule has 0 rings (SSSR count). The first-order valence-electron chi connectivity index (χ1n) is 7.02. The van der Waals surface area contributed by atoms with Gasteiger partial charge in [-0.3, -0.25) is 19.2 Å². The van der Waals surface area contributed by atoms with Crippen LogP contribution in [0.1, 0.15) is 51.4 Å². The maximum atomic E-state index is 11.4. The van der Waals surface area contributed by atoms with Crippen molar-refractivity contribution in [2.24, 2.45) is 11.5 Å². The molecule has 0 aromatic rings. The van der Waals surface area contributed by atoms with Crippen molar-refractivity contribution in [1.29, 1.82) is 0 Å². The molecule has 9 heteroatoms. The van der Waals surface area contributed by atoms with Crippen LogP contribution in [-0.4, -0.2) is 33.5 Å². The average Bonchev–Trinajstić information content (AvgIpc) is 2.39. The van der Waals surface area contributed by atoms with Crippen LogP contribution in [0.25, 0.3) is 0 Å². The standard InChI is InChI=1S/C12H24N4O4Si/c13-9(17)5-1-3-7-11(19)15-21-16-12(20)8-4-2-6-10(14)18/h1-8,21H2,(H2,13,17)(H2,14,18)(H,15,19)(H,16,20). The number of nitrogens with two attached hydrogens (primary N) is 2. The van der Waals surface area contributed by atoms with E-state index in [4.69, 9.17) is 11.5 Å². The fraction of sp³-hybridized carbons (Fsp3) is 0.667. The van der Waals surface area contributed by atoms with Gasteiger partial charge in [0.25, 0.3) is 0 Å². The highest BCUT2D eigenvalue weighted by Gasteiger charge is 2.05. The largest absolute Gasteiger partial charge is 0.370 e.